The van der Waals surface area contributed by atoms with Crippen LogP contribution in [0.1, 0.15) is 15.9 Å². The average molecular weight is 463 g/mol. The number of carbonyl (C=O) groups is 1. The number of amides is 1. The van der Waals surface area contributed by atoms with Crippen LogP contribution in [0.2, 0.25) is 0 Å². The van der Waals surface area contributed by atoms with Crippen molar-refractivity contribution >= 4 is 33.8 Å². The van der Waals surface area contributed by atoms with E-state index in [9.17, 15) is 22.0 Å². The summed E-state index contributed by atoms with van der Waals surface area (Å²) in [7, 11) is -4.01. The van der Waals surface area contributed by atoms with Crippen LogP contribution in [0.3, 0.4) is 0 Å². The molecule has 0 saturated carbocycles. The quantitative estimate of drug-likeness (QED) is 0.571. The summed E-state index contributed by atoms with van der Waals surface area (Å²) in [6, 6.07) is 9.12. The Balaban J connectivity index is 1.54. The Morgan fingerprint density at radius 2 is 1.97 bits per heavy atom. The van der Waals surface area contributed by atoms with E-state index in [4.69, 9.17) is 0 Å². The molecule has 7 nitrogen and oxygen atoms in total. The zero-order valence-electron chi connectivity index (χ0n) is 15.8. The molecule has 2 aromatic rings. The molecule has 31 heavy (non-hydrogen) atoms. The third-order valence-corrected chi connectivity index (χ3v) is 6.62. The van der Waals surface area contributed by atoms with Crippen molar-refractivity contribution < 1.29 is 22.0 Å². The Morgan fingerprint density at radius 3 is 2.77 bits per heavy atom. The van der Waals surface area contributed by atoms with Crippen molar-refractivity contribution in [1.29, 1.82) is 0 Å². The number of anilines is 1. The number of rotatable bonds is 6. The second kappa shape index (κ2) is 8.44. The van der Waals surface area contributed by atoms with Crippen LogP contribution in [0.15, 0.2) is 77.6 Å². The van der Waals surface area contributed by atoms with Crippen LogP contribution in [-0.4, -0.2) is 18.6 Å². The molecule has 1 amide bonds. The van der Waals surface area contributed by atoms with Crippen molar-refractivity contribution in [2.45, 2.75) is 6.54 Å². The van der Waals surface area contributed by atoms with Gasteiger partial charge in [-0.2, -0.15) is 0 Å². The third kappa shape index (κ3) is 4.42. The molecule has 2 aliphatic heterocycles. The number of allylic oxidation sites excluding steroid dienone is 2. The summed E-state index contributed by atoms with van der Waals surface area (Å²) in [5.41, 5.74) is 0.685. The standard InChI is InChI=1S/C20H16F2N4O3S2/c21-14-8-7-13(16(22)10-14)11-23-20(27)15-4-1-2-5-17(15)25-31(28,29)19-6-3-9-26-18(19)12-24-30-26/h1-10,12,24-25H,11H2,(H,23,27). The van der Waals surface area contributed by atoms with E-state index in [1.54, 1.807) is 34.9 Å². The highest BCUT2D eigenvalue weighted by molar-refractivity contribution is 7.97. The van der Waals surface area contributed by atoms with E-state index < -0.39 is 27.6 Å². The zero-order valence-corrected chi connectivity index (χ0v) is 17.4. The second-order valence-electron chi connectivity index (χ2n) is 6.51. The summed E-state index contributed by atoms with van der Waals surface area (Å²) < 4.78 is 59.8. The van der Waals surface area contributed by atoms with E-state index in [0.717, 1.165) is 12.1 Å². The van der Waals surface area contributed by atoms with Gasteiger partial charge in [-0.3, -0.25) is 13.8 Å². The topological polar surface area (TPSA) is 90.5 Å². The van der Waals surface area contributed by atoms with Crippen molar-refractivity contribution in [1.82, 2.24) is 14.3 Å². The molecule has 0 bridgehead atoms. The fourth-order valence-electron chi connectivity index (χ4n) is 2.97. The first-order valence-electron chi connectivity index (χ1n) is 9.00. The smallest absolute Gasteiger partial charge is 0.264 e. The Kier molecular flexibility index (Phi) is 5.70. The van der Waals surface area contributed by atoms with Crippen LogP contribution in [0.25, 0.3) is 0 Å². The van der Waals surface area contributed by atoms with Crippen molar-refractivity contribution in [3.8, 4) is 0 Å². The molecule has 3 N–H and O–H groups in total. The number of sulfonamides is 1. The van der Waals surface area contributed by atoms with Crippen LogP contribution < -0.4 is 14.8 Å². The van der Waals surface area contributed by atoms with Crippen LogP contribution >= 0.6 is 12.1 Å². The monoisotopic (exact) mass is 462 g/mol. The average Bonchev–Trinajstić information content (AvgIpc) is 3.22. The number of hydrogen-bond donors (Lipinski definition) is 3. The minimum Gasteiger partial charge on any atom is -0.348 e. The van der Waals surface area contributed by atoms with Crippen molar-refractivity contribution in [2.24, 2.45) is 0 Å². The van der Waals surface area contributed by atoms with Gasteiger partial charge in [0.25, 0.3) is 15.9 Å². The maximum atomic E-state index is 13.8. The van der Waals surface area contributed by atoms with E-state index >= 15 is 0 Å². The van der Waals surface area contributed by atoms with E-state index in [2.05, 4.69) is 14.8 Å². The fourth-order valence-corrected chi connectivity index (χ4v) is 4.95. The van der Waals surface area contributed by atoms with Gasteiger partial charge in [0.15, 0.2) is 0 Å². The molecule has 0 aromatic heterocycles. The number of benzene rings is 2. The van der Waals surface area contributed by atoms with E-state index in [1.165, 1.54) is 36.4 Å². The normalized spacial score (nSPS) is 15.0. The lowest BCUT2D eigenvalue weighted by Gasteiger charge is -2.21. The SMILES string of the molecule is O=C(NCc1ccc(F)cc1F)c1ccccc1NS(=O)(=O)C1=CC=CN2SNC=C12. The highest BCUT2D eigenvalue weighted by Crippen LogP contribution is 2.34. The molecule has 0 radical (unpaired) electrons. The van der Waals surface area contributed by atoms with E-state index in [1.807, 2.05) is 0 Å². The Hall–Kier alpha value is -3.31. The van der Waals surface area contributed by atoms with Gasteiger partial charge in [0.2, 0.25) is 0 Å². The van der Waals surface area contributed by atoms with Gasteiger partial charge in [-0.25, -0.2) is 17.2 Å². The number of nitrogens with one attached hydrogen (secondary N) is 3. The first-order valence-corrected chi connectivity index (χ1v) is 11.3. The minimum absolute atomic E-state index is 0.0381. The summed E-state index contributed by atoms with van der Waals surface area (Å²) in [5.74, 6) is -2.12. The third-order valence-electron chi connectivity index (χ3n) is 4.47. The predicted octanol–water partition coefficient (Wildman–Crippen LogP) is 3.36. The highest BCUT2D eigenvalue weighted by atomic mass is 32.2. The molecule has 0 saturated heterocycles. The molecule has 0 fully saturated rings. The van der Waals surface area contributed by atoms with E-state index in [-0.39, 0.29) is 28.3 Å². The van der Waals surface area contributed by atoms with Gasteiger partial charge in [-0.15, -0.1) is 0 Å². The molecule has 2 heterocycles. The predicted molar refractivity (Wildman–Crippen MR) is 114 cm³/mol. The van der Waals surface area contributed by atoms with Gasteiger partial charge in [-0.1, -0.05) is 18.2 Å². The molecule has 2 aromatic carbocycles. The molecule has 11 heteroatoms. The summed E-state index contributed by atoms with van der Waals surface area (Å²) in [6.45, 7) is -0.188. The van der Waals surface area contributed by atoms with Gasteiger partial charge >= 0.3 is 0 Å². The van der Waals surface area contributed by atoms with Crippen molar-refractivity contribution in [2.75, 3.05) is 4.72 Å². The first-order chi connectivity index (χ1) is 14.8. The Morgan fingerprint density at radius 1 is 1.16 bits per heavy atom. The number of nitrogens with zero attached hydrogens (tertiary/aromatic N) is 1. The maximum absolute atomic E-state index is 13.8. The van der Waals surface area contributed by atoms with Crippen LogP contribution in [-0.2, 0) is 16.6 Å². The summed E-state index contributed by atoms with van der Waals surface area (Å²) >= 11 is 1.22. The fraction of sp³-hybridized carbons (Fsp3) is 0.0500. The maximum Gasteiger partial charge on any atom is 0.264 e. The molecule has 0 spiro atoms. The van der Waals surface area contributed by atoms with Gasteiger partial charge < -0.3 is 10.0 Å². The van der Waals surface area contributed by atoms with Gasteiger partial charge in [0, 0.05) is 30.6 Å². The molecular weight excluding hydrogens is 446 g/mol. The first kappa shape index (κ1) is 20.9. The second-order valence-corrected chi connectivity index (χ2v) is 8.97. The molecular formula is C20H16F2N4O3S2. The Labute approximate surface area is 181 Å². The lowest BCUT2D eigenvalue weighted by molar-refractivity contribution is 0.0951. The van der Waals surface area contributed by atoms with Crippen LogP contribution in [0, 0.1) is 11.6 Å². The molecule has 0 unspecified atom stereocenters. The largest absolute Gasteiger partial charge is 0.348 e. The van der Waals surface area contributed by atoms with Gasteiger partial charge in [0.05, 0.1) is 29.1 Å². The summed E-state index contributed by atoms with van der Waals surface area (Å²) in [6.07, 6.45) is 6.33. The number of hydrogen-bond acceptors (Lipinski definition) is 6. The number of halogens is 2. The summed E-state index contributed by atoms with van der Waals surface area (Å²) in [5, 5.41) is 2.52. The molecule has 160 valence electrons. The number of para-hydroxylation sites is 1. The van der Waals surface area contributed by atoms with Crippen LogP contribution in [0.5, 0.6) is 0 Å². The van der Waals surface area contributed by atoms with Gasteiger partial charge in [0.1, 0.15) is 16.5 Å². The molecule has 4 rings (SSSR count). The van der Waals surface area contributed by atoms with Gasteiger partial charge in [-0.05, 0) is 30.4 Å². The van der Waals surface area contributed by atoms with E-state index in [0.29, 0.717) is 5.70 Å². The Bertz CT molecular complexity index is 1240. The van der Waals surface area contributed by atoms with Crippen molar-refractivity contribution in [3.05, 3.63) is 100 Å². The molecule has 0 aliphatic carbocycles. The van der Waals surface area contributed by atoms with Crippen molar-refractivity contribution in [3.63, 3.8) is 0 Å². The molecule has 0 atom stereocenters. The minimum atomic E-state index is -4.01. The lowest BCUT2D eigenvalue weighted by Crippen LogP contribution is -2.26. The number of fused-ring (bicyclic) bond motifs is 1. The lowest BCUT2D eigenvalue weighted by atomic mass is 10.1. The molecule has 2 aliphatic rings. The van der Waals surface area contributed by atoms with Crippen LogP contribution in [0.4, 0.5) is 14.5 Å². The number of carbonyl (C=O) groups excluding carboxylic acids is 1. The summed E-state index contributed by atoms with van der Waals surface area (Å²) in [4.78, 5) is 12.7. The highest BCUT2D eigenvalue weighted by Gasteiger charge is 2.30. The zero-order chi connectivity index (χ0) is 22.0.